The van der Waals surface area contributed by atoms with Gasteiger partial charge in [0.1, 0.15) is 0 Å². The molecule has 0 aliphatic rings. The Morgan fingerprint density at radius 2 is 1.42 bits per heavy atom. The summed E-state index contributed by atoms with van der Waals surface area (Å²) in [6.07, 6.45) is 3.26. The summed E-state index contributed by atoms with van der Waals surface area (Å²) in [5.41, 5.74) is 4.80. The molecule has 0 aromatic heterocycles. The van der Waals surface area contributed by atoms with Crippen molar-refractivity contribution in [3.63, 3.8) is 0 Å². The molecule has 0 heterocycles. The highest BCUT2D eigenvalue weighted by Gasteiger charge is 2.02. The highest BCUT2D eigenvalue weighted by atomic mass is 16.3. The Morgan fingerprint density at radius 3 is 1.89 bits per heavy atom. The zero-order valence-electron chi connectivity index (χ0n) is 11.8. The lowest BCUT2D eigenvalue weighted by Crippen LogP contribution is -1.90. The maximum atomic E-state index is 9.50. The number of aliphatic hydroxyl groups is 1. The van der Waals surface area contributed by atoms with E-state index in [1.54, 1.807) is 6.92 Å². The molecule has 0 aliphatic carbocycles. The quantitative estimate of drug-likeness (QED) is 0.816. The van der Waals surface area contributed by atoms with Crippen molar-refractivity contribution < 1.29 is 5.11 Å². The van der Waals surface area contributed by atoms with Crippen molar-refractivity contribution in [2.75, 3.05) is 0 Å². The van der Waals surface area contributed by atoms with E-state index in [1.165, 1.54) is 29.5 Å². The Hall–Kier alpha value is -1.60. The summed E-state index contributed by atoms with van der Waals surface area (Å²) >= 11 is 0. The lowest BCUT2D eigenvalue weighted by Gasteiger charge is -2.07. The number of hydrogen-bond acceptors (Lipinski definition) is 1. The van der Waals surface area contributed by atoms with Crippen LogP contribution in [0.1, 0.15) is 43.9 Å². The van der Waals surface area contributed by atoms with Crippen LogP contribution in [0.15, 0.2) is 48.5 Å². The van der Waals surface area contributed by atoms with Gasteiger partial charge in [0.05, 0.1) is 6.10 Å². The topological polar surface area (TPSA) is 20.2 Å². The molecule has 19 heavy (non-hydrogen) atoms. The predicted octanol–water partition coefficient (Wildman–Crippen LogP) is 4.75. The van der Waals surface area contributed by atoms with Gasteiger partial charge in [0.2, 0.25) is 0 Å². The lowest BCUT2D eigenvalue weighted by molar-refractivity contribution is 0.199. The molecule has 0 bridgehead atoms. The number of hydrogen-bond donors (Lipinski definition) is 1. The van der Waals surface area contributed by atoms with Crippen LogP contribution in [0.4, 0.5) is 0 Å². The Kier molecular flexibility index (Phi) is 4.75. The number of unbranched alkanes of at least 4 members (excludes halogenated alkanes) is 1. The fourth-order valence-electron chi connectivity index (χ4n) is 2.20. The van der Waals surface area contributed by atoms with Crippen molar-refractivity contribution in [1.82, 2.24) is 0 Å². The average Bonchev–Trinajstić information content (AvgIpc) is 2.46. The molecule has 0 amide bonds. The first-order valence-electron chi connectivity index (χ1n) is 7.08. The van der Waals surface area contributed by atoms with Gasteiger partial charge in [0, 0.05) is 0 Å². The van der Waals surface area contributed by atoms with Gasteiger partial charge in [-0.25, -0.2) is 0 Å². The minimum absolute atomic E-state index is 0.398. The van der Waals surface area contributed by atoms with Crippen molar-refractivity contribution in [3.8, 4) is 11.1 Å². The third kappa shape index (κ3) is 3.68. The fraction of sp³-hybridized carbons (Fsp3) is 0.333. The summed E-state index contributed by atoms with van der Waals surface area (Å²) in [4.78, 5) is 0. The van der Waals surface area contributed by atoms with E-state index in [0.717, 1.165) is 12.0 Å². The molecule has 0 radical (unpaired) electrons. The van der Waals surface area contributed by atoms with Crippen molar-refractivity contribution in [1.29, 1.82) is 0 Å². The van der Waals surface area contributed by atoms with Crippen LogP contribution in [-0.4, -0.2) is 5.11 Å². The van der Waals surface area contributed by atoms with E-state index in [-0.39, 0.29) is 0 Å². The highest BCUT2D eigenvalue weighted by molar-refractivity contribution is 5.64. The molecule has 0 fully saturated rings. The first-order valence-corrected chi connectivity index (χ1v) is 7.08. The highest BCUT2D eigenvalue weighted by Crippen LogP contribution is 2.22. The molecular formula is C18H22O. The van der Waals surface area contributed by atoms with Gasteiger partial charge in [-0.15, -0.1) is 0 Å². The van der Waals surface area contributed by atoms with Crippen LogP contribution in [0.2, 0.25) is 0 Å². The van der Waals surface area contributed by atoms with Crippen LogP contribution in [0, 0.1) is 0 Å². The summed E-state index contributed by atoms with van der Waals surface area (Å²) in [6.45, 7) is 4.01. The molecule has 2 rings (SSSR count). The first kappa shape index (κ1) is 13.8. The standard InChI is InChI=1S/C18H22O/c1-3-4-5-15-6-8-17(9-7-15)18-12-10-16(11-13-18)14(2)19/h6-14,19H,3-5H2,1-2H3. The summed E-state index contributed by atoms with van der Waals surface area (Å²) in [7, 11) is 0. The van der Waals surface area contributed by atoms with Gasteiger partial charge in [0.25, 0.3) is 0 Å². The van der Waals surface area contributed by atoms with Gasteiger partial charge in [0.15, 0.2) is 0 Å². The van der Waals surface area contributed by atoms with Crippen LogP contribution in [0.5, 0.6) is 0 Å². The second kappa shape index (κ2) is 6.53. The molecular weight excluding hydrogens is 232 g/mol. The molecule has 1 N–H and O–H groups in total. The van der Waals surface area contributed by atoms with Crippen molar-refractivity contribution >= 4 is 0 Å². The van der Waals surface area contributed by atoms with Crippen LogP contribution >= 0.6 is 0 Å². The van der Waals surface area contributed by atoms with Crippen LogP contribution in [-0.2, 0) is 6.42 Å². The van der Waals surface area contributed by atoms with E-state index in [1.807, 2.05) is 12.1 Å². The van der Waals surface area contributed by atoms with E-state index in [2.05, 4.69) is 43.3 Å². The third-order valence-electron chi connectivity index (χ3n) is 3.50. The fourth-order valence-corrected chi connectivity index (χ4v) is 2.20. The zero-order chi connectivity index (χ0) is 13.7. The van der Waals surface area contributed by atoms with Gasteiger partial charge < -0.3 is 5.11 Å². The number of rotatable bonds is 5. The molecule has 1 atom stereocenters. The zero-order valence-corrected chi connectivity index (χ0v) is 11.8. The molecule has 1 heteroatoms. The van der Waals surface area contributed by atoms with Crippen LogP contribution < -0.4 is 0 Å². The maximum absolute atomic E-state index is 9.50. The van der Waals surface area contributed by atoms with Gasteiger partial charge >= 0.3 is 0 Å². The van der Waals surface area contributed by atoms with E-state index >= 15 is 0 Å². The van der Waals surface area contributed by atoms with Crippen molar-refractivity contribution in [2.24, 2.45) is 0 Å². The van der Waals surface area contributed by atoms with E-state index in [4.69, 9.17) is 0 Å². The van der Waals surface area contributed by atoms with Crippen LogP contribution in [0.3, 0.4) is 0 Å². The van der Waals surface area contributed by atoms with Crippen molar-refractivity contribution in [3.05, 3.63) is 59.7 Å². The molecule has 0 spiro atoms. The summed E-state index contributed by atoms with van der Waals surface area (Å²) in [5, 5.41) is 9.50. The van der Waals surface area contributed by atoms with Gasteiger partial charge in [-0.2, -0.15) is 0 Å². The van der Waals surface area contributed by atoms with Crippen LogP contribution in [0.25, 0.3) is 11.1 Å². The molecule has 0 saturated heterocycles. The van der Waals surface area contributed by atoms with Gasteiger partial charge in [-0.1, -0.05) is 61.9 Å². The Labute approximate surface area is 115 Å². The maximum Gasteiger partial charge on any atom is 0.0761 e. The molecule has 0 saturated carbocycles. The third-order valence-corrected chi connectivity index (χ3v) is 3.50. The molecule has 100 valence electrons. The minimum Gasteiger partial charge on any atom is -0.389 e. The smallest absolute Gasteiger partial charge is 0.0761 e. The minimum atomic E-state index is -0.398. The van der Waals surface area contributed by atoms with E-state index in [9.17, 15) is 5.11 Å². The second-order valence-electron chi connectivity index (χ2n) is 5.10. The van der Waals surface area contributed by atoms with Gasteiger partial charge in [-0.05, 0) is 42.0 Å². The van der Waals surface area contributed by atoms with E-state index in [0.29, 0.717) is 0 Å². The molecule has 1 unspecified atom stereocenters. The molecule has 2 aromatic rings. The average molecular weight is 254 g/mol. The molecule has 1 nitrogen and oxygen atoms in total. The summed E-state index contributed by atoms with van der Waals surface area (Å²) in [5.74, 6) is 0. The first-order chi connectivity index (χ1) is 9.20. The Bertz CT molecular complexity index is 494. The van der Waals surface area contributed by atoms with Crippen molar-refractivity contribution in [2.45, 2.75) is 39.2 Å². The Morgan fingerprint density at radius 1 is 0.895 bits per heavy atom. The SMILES string of the molecule is CCCCc1ccc(-c2ccc(C(C)O)cc2)cc1. The Balaban J connectivity index is 2.13. The van der Waals surface area contributed by atoms with Gasteiger partial charge in [-0.3, -0.25) is 0 Å². The second-order valence-corrected chi connectivity index (χ2v) is 5.10. The normalized spacial score (nSPS) is 12.4. The number of aliphatic hydroxyl groups excluding tert-OH is 1. The predicted molar refractivity (Wildman–Crippen MR) is 81.1 cm³/mol. The number of benzene rings is 2. The summed E-state index contributed by atoms with van der Waals surface area (Å²) in [6, 6.07) is 16.9. The monoisotopic (exact) mass is 254 g/mol. The van der Waals surface area contributed by atoms with E-state index < -0.39 is 6.10 Å². The largest absolute Gasteiger partial charge is 0.389 e. The summed E-state index contributed by atoms with van der Waals surface area (Å²) < 4.78 is 0. The lowest BCUT2D eigenvalue weighted by atomic mass is 10.00. The molecule has 2 aromatic carbocycles. The molecule has 0 aliphatic heterocycles. The number of aryl methyl sites for hydroxylation is 1.